The van der Waals surface area contributed by atoms with E-state index in [2.05, 4.69) is 44.6 Å². The summed E-state index contributed by atoms with van der Waals surface area (Å²) in [6, 6.07) is 8.31. The van der Waals surface area contributed by atoms with E-state index in [0.717, 1.165) is 12.1 Å². The number of anilines is 1. The van der Waals surface area contributed by atoms with Crippen LogP contribution in [0.4, 0.5) is 5.69 Å². The van der Waals surface area contributed by atoms with Gasteiger partial charge in [-0.15, -0.1) is 0 Å². The summed E-state index contributed by atoms with van der Waals surface area (Å²) >= 11 is 0. The Balaban J connectivity index is 1.75. The van der Waals surface area contributed by atoms with Gasteiger partial charge in [-0.05, 0) is 31.0 Å². The van der Waals surface area contributed by atoms with Gasteiger partial charge in [0.25, 0.3) is 0 Å². The molecule has 0 fully saturated rings. The summed E-state index contributed by atoms with van der Waals surface area (Å²) in [4.78, 5) is 17.9. The molecule has 1 N–H and O–H groups in total. The second-order valence-electron chi connectivity index (χ2n) is 5.65. The molecule has 22 heavy (non-hydrogen) atoms. The third-order valence-corrected chi connectivity index (χ3v) is 3.43. The highest BCUT2D eigenvalue weighted by Crippen LogP contribution is 2.13. The third-order valence-electron chi connectivity index (χ3n) is 3.43. The molecule has 0 radical (unpaired) electrons. The van der Waals surface area contributed by atoms with Crippen LogP contribution < -0.4 is 10.2 Å². The van der Waals surface area contributed by atoms with Gasteiger partial charge in [-0.25, -0.2) is 4.98 Å². The number of hydrogen-bond acceptors (Lipinski definition) is 4. The second-order valence-corrected chi connectivity index (χ2v) is 5.65. The van der Waals surface area contributed by atoms with Crippen LogP contribution in [0.3, 0.4) is 0 Å². The maximum atomic E-state index is 12.0. The molecular weight excluding hydrogens is 278 g/mol. The first-order valence-corrected chi connectivity index (χ1v) is 7.42. The minimum absolute atomic E-state index is 0.0327. The zero-order valence-electron chi connectivity index (χ0n) is 13.4. The number of carbonyl (C=O) groups excluding carboxylic acids is 1. The van der Waals surface area contributed by atoms with Crippen LogP contribution in [-0.2, 0) is 17.8 Å². The summed E-state index contributed by atoms with van der Waals surface area (Å²) in [5.74, 6) is 0.0595. The lowest BCUT2D eigenvalue weighted by Gasteiger charge is -2.14. The Morgan fingerprint density at radius 3 is 2.64 bits per heavy atom. The van der Waals surface area contributed by atoms with Crippen molar-refractivity contribution in [1.29, 1.82) is 0 Å². The van der Waals surface area contributed by atoms with Gasteiger partial charge in [0, 0.05) is 32.2 Å². The number of aromatic nitrogens is 3. The van der Waals surface area contributed by atoms with Crippen molar-refractivity contribution in [2.45, 2.75) is 32.4 Å². The van der Waals surface area contributed by atoms with Gasteiger partial charge in [0.15, 0.2) is 0 Å². The monoisotopic (exact) mass is 301 g/mol. The van der Waals surface area contributed by atoms with Crippen LogP contribution in [-0.4, -0.2) is 40.8 Å². The highest BCUT2D eigenvalue weighted by atomic mass is 16.1. The van der Waals surface area contributed by atoms with Crippen LogP contribution >= 0.6 is 0 Å². The fourth-order valence-electron chi connectivity index (χ4n) is 2.22. The summed E-state index contributed by atoms with van der Waals surface area (Å²) in [7, 11) is 4.03. The molecule has 2 rings (SSSR count). The van der Waals surface area contributed by atoms with Crippen LogP contribution in [0.15, 0.2) is 36.9 Å². The number of rotatable bonds is 7. The molecule has 0 unspecified atom stereocenters. The van der Waals surface area contributed by atoms with Crippen LogP contribution in [0.2, 0.25) is 0 Å². The van der Waals surface area contributed by atoms with Crippen molar-refractivity contribution >= 4 is 11.6 Å². The van der Waals surface area contributed by atoms with E-state index in [1.807, 2.05) is 21.0 Å². The van der Waals surface area contributed by atoms with E-state index in [9.17, 15) is 4.79 Å². The predicted molar refractivity (Wildman–Crippen MR) is 86.7 cm³/mol. The maximum absolute atomic E-state index is 12.0. The van der Waals surface area contributed by atoms with Gasteiger partial charge < -0.3 is 10.2 Å². The fourth-order valence-corrected chi connectivity index (χ4v) is 2.22. The molecule has 0 spiro atoms. The molecule has 1 aromatic heterocycles. The standard InChI is InChI=1S/C16H23N5O/c1-13(10-21-12-17-11-18-21)19-16(22)9-6-14-4-7-15(8-5-14)20(2)3/h4-5,7-8,11-13H,6,9-10H2,1-3H3,(H,19,22)/t13-/m0/s1. The Bertz CT molecular complexity index is 577. The first-order chi connectivity index (χ1) is 10.5. The van der Waals surface area contributed by atoms with Crippen molar-refractivity contribution < 1.29 is 4.79 Å². The Hall–Kier alpha value is -2.37. The lowest BCUT2D eigenvalue weighted by atomic mass is 10.1. The molecule has 1 aromatic carbocycles. The van der Waals surface area contributed by atoms with Crippen molar-refractivity contribution in [2.24, 2.45) is 0 Å². The van der Waals surface area contributed by atoms with Gasteiger partial charge in [-0.2, -0.15) is 5.10 Å². The summed E-state index contributed by atoms with van der Waals surface area (Å²) in [6.45, 7) is 2.59. The zero-order valence-corrected chi connectivity index (χ0v) is 13.4. The van der Waals surface area contributed by atoms with Crippen molar-refractivity contribution in [1.82, 2.24) is 20.1 Å². The summed E-state index contributed by atoms with van der Waals surface area (Å²) < 4.78 is 1.71. The van der Waals surface area contributed by atoms with E-state index in [1.54, 1.807) is 11.0 Å². The Morgan fingerprint density at radius 1 is 1.32 bits per heavy atom. The van der Waals surface area contributed by atoms with Gasteiger partial charge in [-0.1, -0.05) is 12.1 Å². The van der Waals surface area contributed by atoms with Crippen LogP contribution in [0.25, 0.3) is 0 Å². The second kappa shape index (κ2) is 7.59. The number of nitrogens with one attached hydrogen (secondary N) is 1. The number of benzene rings is 1. The first kappa shape index (κ1) is 16.0. The third kappa shape index (κ3) is 4.87. The van der Waals surface area contributed by atoms with Gasteiger partial charge in [0.05, 0.1) is 6.54 Å². The highest BCUT2D eigenvalue weighted by Gasteiger charge is 2.08. The van der Waals surface area contributed by atoms with E-state index < -0.39 is 0 Å². The quantitative estimate of drug-likeness (QED) is 0.841. The number of nitrogens with zero attached hydrogens (tertiary/aromatic N) is 4. The van der Waals surface area contributed by atoms with Crippen molar-refractivity contribution in [2.75, 3.05) is 19.0 Å². The Kier molecular flexibility index (Phi) is 5.52. The number of hydrogen-bond donors (Lipinski definition) is 1. The molecule has 2 aromatic rings. The lowest BCUT2D eigenvalue weighted by Crippen LogP contribution is -2.35. The molecule has 1 heterocycles. The maximum Gasteiger partial charge on any atom is 0.220 e. The van der Waals surface area contributed by atoms with E-state index in [0.29, 0.717) is 13.0 Å². The van der Waals surface area contributed by atoms with E-state index in [4.69, 9.17) is 0 Å². The van der Waals surface area contributed by atoms with E-state index in [-0.39, 0.29) is 11.9 Å². The Labute approximate surface area is 131 Å². The molecule has 0 aliphatic carbocycles. The molecule has 0 saturated carbocycles. The molecular formula is C16H23N5O. The normalized spacial score (nSPS) is 12.0. The highest BCUT2D eigenvalue weighted by molar-refractivity contribution is 5.76. The predicted octanol–water partition coefficient (Wildman–Crippen LogP) is 1.48. The van der Waals surface area contributed by atoms with Gasteiger partial charge in [-0.3, -0.25) is 9.48 Å². The first-order valence-electron chi connectivity index (χ1n) is 7.42. The van der Waals surface area contributed by atoms with Crippen molar-refractivity contribution in [3.63, 3.8) is 0 Å². The molecule has 118 valence electrons. The molecule has 0 saturated heterocycles. The molecule has 1 amide bonds. The van der Waals surface area contributed by atoms with Crippen LogP contribution in [0.5, 0.6) is 0 Å². The number of carbonyl (C=O) groups is 1. The van der Waals surface area contributed by atoms with E-state index in [1.165, 1.54) is 11.9 Å². The van der Waals surface area contributed by atoms with Gasteiger partial charge >= 0.3 is 0 Å². The lowest BCUT2D eigenvalue weighted by molar-refractivity contribution is -0.121. The minimum Gasteiger partial charge on any atom is -0.378 e. The smallest absolute Gasteiger partial charge is 0.220 e. The summed E-state index contributed by atoms with van der Waals surface area (Å²) in [6.07, 6.45) is 4.37. The average Bonchev–Trinajstić information content (AvgIpc) is 2.98. The molecule has 6 nitrogen and oxygen atoms in total. The van der Waals surface area contributed by atoms with Crippen molar-refractivity contribution in [3.8, 4) is 0 Å². The molecule has 0 aliphatic rings. The van der Waals surface area contributed by atoms with E-state index >= 15 is 0 Å². The number of amides is 1. The fraction of sp³-hybridized carbons (Fsp3) is 0.438. The van der Waals surface area contributed by atoms with Crippen LogP contribution in [0.1, 0.15) is 18.9 Å². The average molecular weight is 301 g/mol. The van der Waals surface area contributed by atoms with Gasteiger partial charge in [0.2, 0.25) is 5.91 Å². The molecule has 0 bridgehead atoms. The van der Waals surface area contributed by atoms with Crippen molar-refractivity contribution in [3.05, 3.63) is 42.5 Å². The summed E-state index contributed by atoms with van der Waals surface area (Å²) in [5, 5.41) is 7.01. The van der Waals surface area contributed by atoms with Gasteiger partial charge in [0.1, 0.15) is 12.7 Å². The topological polar surface area (TPSA) is 63.1 Å². The molecule has 0 aliphatic heterocycles. The number of aryl methyl sites for hydroxylation is 1. The molecule has 6 heteroatoms. The minimum atomic E-state index is 0.0327. The summed E-state index contributed by atoms with van der Waals surface area (Å²) in [5.41, 5.74) is 2.33. The van der Waals surface area contributed by atoms with Crippen LogP contribution in [0, 0.1) is 0 Å². The SMILES string of the molecule is C[C@@H](Cn1cncn1)NC(=O)CCc1ccc(N(C)C)cc1. The zero-order chi connectivity index (χ0) is 15.9. The molecule has 1 atom stereocenters. The Morgan fingerprint density at radius 2 is 2.05 bits per heavy atom. The largest absolute Gasteiger partial charge is 0.378 e.